The van der Waals surface area contributed by atoms with Gasteiger partial charge in [0.25, 0.3) is 0 Å². The molecule has 1 heterocycles. The number of aryl methyl sites for hydroxylation is 1. The fourth-order valence-electron chi connectivity index (χ4n) is 3.76. The van der Waals surface area contributed by atoms with Gasteiger partial charge in [-0.2, -0.15) is 0 Å². The van der Waals surface area contributed by atoms with Gasteiger partial charge in [-0.3, -0.25) is 14.5 Å². The van der Waals surface area contributed by atoms with Crippen LogP contribution < -0.4 is 15.4 Å². The lowest BCUT2D eigenvalue weighted by Crippen LogP contribution is -2.44. The Balaban J connectivity index is 2.14. The van der Waals surface area contributed by atoms with Crippen molar-refractivity contribution >= 4 is 17.8 Å². The van der Waals surface area contributed by atoms with Crippen molar-refractivity contribution in [2.45, 2.75) is 78.4 Å². The molecule has 0 bridgehead atoms. The summed E-state index contributed by atoms with van der Waals surface area (Å²) in [5.74, 6) is -0.666. The largest absolute Gasteiger partial charge is 0.493 e. The molecule has 0 fully saturated rings. The van der Waals surface area contributed by atoms with Gasteiger partial charge in [-0.15, -0.1) is 0 Å². The second kappa shape index (κ2) is 13.2. The molecule has 1 atom stereocenters. The first-order chi connectivity index (χ1) is 15.7. The number of carbonyl (C=O) groups is 3. The lowest BCUT2D eigenvalue weighted by atomic mass is 10.0. The normalized spacial score (nSPS) is 17.1. The summed E-state index contributed by atoms with van der Waals surface area (Å²) < 4.78 is 6.07. The first-order valence-corrected chi connectivity index (χ1v) is 11.9. The fourth-order valence-corrected chi connectivity index (χ4v) is 3.76. The van der Waals surface area contributed by atoms with Gasteiger partial charge in [-0.1, -0.05) is 26.0 Å². The van der Waals surface area contributed by atoms with Crippen LogP contribution in [0.3, 0.4) is 0 Å². The zero-order chi connectivity index (χ0) is 24.4. The second-order valence-electron chi connectivity index (χ2n) is 9.33. The van der Waals surface area contributed by atoms with Gasteiger partial charge in [0, 0.05) is 31.1 Å². The number of carbonyl (C=O) groups excluding carboxylic acids is 2. The minimum atomic E-state index is -1.02. The van der Waals surface area contributed by atoms with Crippen LogP contribution in [0.15, 0.2) is 18.2 Å². The number of fused-ring (bicyclic) bond motifs is 1. The monoisotopic (exact) mass is 461 g/mol. The first kappa shape index (κ1) is 26.6. The van der Waals surface area contributed by atoms with Gasteiger partial charge in [0.2, 0.25) is 11.8 Å². The molecule has 0 unspecified atom stereocenters. The second-order valence-corrected chi connectivity index (χ2v) is 9.33. The summed E-state index contributed by atoms with van der Waals surface area (Å²) >= 11 is 0. The van der Waals surface area contributed by atoms with Crippen LogP contribution in [-0.4, -0.2) is 59.6 Å². The van der Waals surface area contributed by atoms with E-state index in [1.54, 1.807) is 13.8 Å². The highest BCUT2D eigenvalue weighted by Crippen LogP contribution is 2.24. The summed E-state index contributed by atoms with van der Waals surface area (Å²) in [6.45, 7) is 9.85. The van der Waals surface area contributed by atoms with E-state index < -0.39 is 12.0 Å². The first-order valence-electron chi connectivity index (χ1n) is 11.9. The van der Waals surface area contributed by atoms with E-state index >= 15 is 0 Å². The van der Waals surface area contributed by atoms with E-state index in [4.69, 9.17) is 4.74 Å². The van der Waals surface area contributed by atoms with Crippen LogP contribution >= 0.6 is 0 Å². The van der Waals surface area contributed by atoms with Crippen molar-refractivity contribution in [2.75, 3.05) is 19.7 Å². The number of nitrogens with zero attached hydrogens (tertiary/aromatic N) is 1. The van der Waals surface area contributed by atoms with E-state index in [1.807, 2.05) is 18.2 Å². The third-order valence-corrected chi connectivity index (χ3v) is 5.87. The van der Waals surface area contributed by atoms with Crippen molar-refractivity contribution in [1.82, 2.24) is 15.5 Å². The maximum atomic E-state index is 12.4. The van der Waals surface area contributed by atoms with E-state index in [9.17, 15) is 19.5 Å². The van der Waals surface area contributed by atoms with Crippen LogP contribution in [0, 0.1) is 5.92 Å². The highest BCUT2D eigenvalue weighted by Gasteiger charge is 2.23. The Morgan fingerprint density at radius 1 is 1.15 bits per heavy atom. The highest BCUT2D eigenvalue weighted by atomic mass is 16.5. The smallest absolute Gasteiger partial charge is 0.326 e. The molecule has 1 aliphatic heterocycles. The zero-order valence-electron chi connectivity index (χ0n) is 20.4. The number of nitrogens with one attached hydrogen (secondary N) is 2. The predicted octanol–water partition coefficient (Wildman–Crippen LogP) is 2.73. The van der Waals surface area contributed by atoms with Gasteiger partial charge in [0.15, 0.2) is 0 Å². The number of ether oxygens (including phenoxy) is 1. The number of benzene rings is 1. The van der Waals surface area contributed by atoms with Crippen molar-refractivity contribution in [1.29, 1.82) is 0 Å². The van der Waals surface area contributed by atoms with Gasteiger partial charge in [-0.05, 0) is 57.1 Å². The molecule has 184 valence electrons. The van der Waals surface area contributed by atoms with E-state index in [-0.39, 0.29) is 30.2 Å². The topological polar surface area (TPSA) is 108 Å². The molecule has 0 radical (unpaired) electrons. The van der Waals surface area contributed by atoms with Gasteiger partial charge in [-0.25, -0.2) is 4.79 Å². The van der Waals surface area contributed by atoms with Crippen LogP contribution in [-0.2, 0) is 27.3 Å². The van der Waals surface area contributed by atoms with Crippen LogP contribution in [0.4, 0.5) is 0 Å². The summed E-state index contributed by atoms with van der Waals surface area (Å²) in [6, 6.07) is 5.21. The molecule has 0 saturated heterocycles. The fraction of sp³-hybridized carbons (Fsp3) is 0.640. The molecule has 0 saturated carbocycles. The van der Waals surface area contributed by atoms with E-state index in [1.165, 1.54) is 0 Å². The molecule has 0 aliphatic carbocycles. The molecule has 3 N–H and O–H groups in total. The predicted molar refractivity (Wildman–Crippen MR) is 127 cm³/mol. The Morgan fingerprint density at radius 2 is 1.91 bits per heavy atom. The Hall–Kier alpha value is -2.61. The minimum Gasteiger partial charge on any atom is -0.493 e. The average Bonchev–Trinajstić information content (AvgIpc) is 2.76. The summed E-state index contributed by atoms with van der Waals surface area (Å²) in [7, 11) is 0. The van der Waals surface area contributed by atoms with Crippen LogP contribution in [0.5, 0.6) is 5.75 Å². The van der Waals surface area contributed by atoms with Crippen molar-refractivity contribution in [3.8, 4) is 5.75 Å². The maximum absolute atomic E-state index is 12.4. The summed E-state index contributed by atoms with van der Waals surface area (Å²) in [5.41, 5.74) is 1.96. The summed E-state index contributed by atoms with van der Waals surface area (Å²) in [4.78, 5) is 38.1. The highest BCUT2D eigenvalue weighted by molar-refractivity contribution is 5.83. The number of hydrogen-bond donors (Lipinski definition) is 3. The Labute approximate surface area is 197 Å². The molecule has 2 rings (SSSR count). The van der Waals surface area contributed by atoms with Crippen molar-refractivity contribution in [3.63, 3.8) is 0 Å². The standard InChI is InChI=1S/C25H39N3O5/c1-17(2)24(25(31)32)27-22(29)11-9-19-8-10-21-20(14-19)15-28(18(3)4)16-23(30)26-12-6-5-7-13-33-21/h8,10,14,17-18,24H,5-7,9,11-13,15-16H2,1-4H3,(H,26,30)(H,27,29)(H,31,32)/t24-/m0/s1. The van der Waals surface area contributed by atoms with Crippen LogP contribution in [0.2, 0.25) is 0 Å². The van der Waals surface area contributed by atoms with Crippen molar-refractivity contribution in [3.05, 3.63) is 29.3 Å². The van der Waals surface area contributed by atoms with E-state index in [0.717, 1.165) is 36.1 Å². The SMILES string of the molecule is CC(C)[C@H](NC(=O)CCc1ccc2c(c1)CN(C(C)C)CC(=O)NCCCCCO2)C(=O)O. The van der Waals surface area contributed by atoms with E-state index in [2.05, 4.69) is 29.4 Å². The number of aliphatic carboxylic acids is 1. The van der Waals surface area contributed by atoms with Gasteiger partial charge in [0.1, 0.15) is 11.8 Å². The number of hydrogen-bond acceptors (Lipinski definition) is 5. The Morgan fingerprint density at radius 3 is 2.58 bits per heavy atom. The molecule has 1 aliphatic rings. The zero-order valence-corrected chi connectivity index (χ0v) is 20.4. The average molecular weight is 462 g/mol. The van der Waals surface area contributed by atoms with Gasteiger partial charge >= 0.3 is 5.97 Å². The quantitative estimate of drug-likeness (QED) is 0.576. The molecule has 1 aromatic carbocycles. The third-order valence-electron chi connectivity index (χ3n) is 5.87. The maximum Gasteiger partial charge on any atom is 0.326 e. The number of amides is 2. The molecule has 1 aromatic rings. The van der Waals surface area contributed by atoms with Crippen LogP contribution in [0.25, 0.3) is 0 Å². The van der Waals surface area contributed by atoms with Crippen molar-refractivity contribution < 1.29 is 24.2 Å². The Kier molecular flexibility index (Phi) is 10.6. The molecule has 0 aromatic heterocycles. The third kappa shape index (κ3) is 9.04. The molecule has 33 heavy (non-hydrogen) atoms. The number of carboxylic acid groups (broad SMARTS) is 1. The summed E-state index contributed by atoms with van der Waals surface area (Å²) in [6.07, 6.45) is 3.54. The lowest BCUT2D eigenvalue weighted by molar-refractivity contribution is -0.143. The molecule has 8 heteroatoms. The molecule has 0 spiro atoms. The van der Waals surface area contributed by atoms with E-state index in [0.29, 0.717) is 32.7 Å². The van der Waals surface area contributed by atoms with Gasteiger partial charge < -0.3 is 20.5 Å². The Bertz CT molecular complexity index is 809. The number of rotatable bonds is 7. The summed E-state index contributed by atoms with van der Waals surface area (Å²) in [5, 5.41) is 14.9. The van der Waals surface area contributed by atoms with Crippen LogP contribution in [0.1, 0.15) is 64.5 Å². The molecular formula is C25H39N3O5. The van der Waals surface area contributed by atoms with Crippen molar-refractivity contribution in [2.24, 2.45) is 5.92 Å². The molecule has 2 amide bonds. The number of carboxylic acids is 1. The molecular weight excluding hydrogens is 422 g/mol. The molecule has 8 nitrogen and oxygen atoms in total. The minimum absolute atomic E-state index is 0.0244. The lowest BCUT2D eigenvalue weighted by Gasteiger charge is -2.27. The van der Waals surface area contributed by atoms with Gasteiger partial charge in [0.05, 0.1) is 13.2 Å².